The van der Waals surface area contributed by atoms with Gasteiger partial charge in [0.2, 0.25) is 11.8 Å². The summed E-state index contributed by atoms with van der Waals surface area (Å²) in [5.41, 5.74) is 4.99. The van der Waals surface area contributed by atoms with E-state index in [-0.39, 0.29) is 18.2 Å². The SMILES string of the molecule is CC(C)C(=O)Nc1nc(CC(=O)NNC(=O)C(C)Oc2ccc(F)cc2)cs1. The third-order valence-electron chi connectivity index (χ3n) is 3.47. The Hall–Kier alpha value is -3.01. The van der Waals surface area contributed by atoms with Crippen LogP contribution in [0.2, 0.25) is 0 Å². The molecule has 0 saturated carbocycles. The van der Waals surface area contributed by atoms with Gasteiger partial charge in [-0.05, 0) is 31.2 Å². The lowest BCUT2D eigenvalue weighted by atomic mass is 10.2. The molecule has 0 spiro atoms. The second kappa shape index (κ2) is 9.79. The molecule has 2 aromatic rings. The van der Waals surface area contributed by atoms with Gasteiger partial charge in [0.1, 0.15) is 11.6 Å². The Morgan fingerprint density at radius 3 is 2.43 bits per heavy atom. The van der Waals surface area contributed by atoms with Gasteiger partial charge >= 0.3 is 0 Å². The van der Waals surface area contributed by atoms with Gasteiger partial charge in [0.15, 0.2) is 11.2 Å². The number of anilines is 1. The van der Waals surface area contributed by atoms with Gasteiger partial charge in [-0.3, -0.25) is 25.2 Å². The van der Waals surface area contributed by atoms with Crippen LogP contribution in [0.3, 0.4) is 0 Å². The fourth-order valence-electron chi connectivity index (χ4n) is 1.91. The molecule has 1 unspecified atom stereocenters. The van der Waals surface area contributed by atoms with Crippen LogP contribution in [-0.4, -0.2) is 28.8 Å². The number of hydrogen-bond donors (Lipinski definition) is 3. The average molecular weight is 408 g/mol. The fraction of sp³-hybridized carbons (Fsp3) is 0.333. The lowest BCUT2D eigenvalue weighted by molar-refractivity contribution is -0.132. The molecule has 1 aromatic heterocycles. The number of hydrogen-bond acceptors (Lipinski definition) is 6. The van der Waals surface area contributed by atoms with Crippen LogP contribution in [0, 0.1) is 11.7 Å². The molecule has 0 aliphatic rings. The number of ether oxygens (including phenoxy) is 1. The Morgan fingerprint density at radius 2 is 1.79 bits per heavy atom. The first kappa shape index (κ1) is 21.3. The van der Waals surface area contributed by atoms with E-state index in [2.05, 4.69) is 21.2 Å². The number of carbonyl (C=O) groups excluding carboxylic acids is 3. The predicted molar refractivity (Wildman–Crippen MR) is 102 cm³/mol. The van der Waals surface area contributed by atoms with E-state index in [1.54, 1.807) is 19.2 Å². The molecular formula is C18H21FN4O4S. The van der Waals surface area contributed by atoms with Crippen molar-refractivity contribution in [1.82, 2.24) is 15.8 Å². The smallest absolute Gasteiger partial charge is 0.279 e. The summed E-state index contributed by atoms with van der Waals surface area (Å²) in [7, 11) is 0. The quantitative estimate of drug-likeness (QED) is 0.608. The van der Waals surface area contributed by atoms with E-state index in [1.807, 2.05) is 0 Å². The molecule has 10 heteroatoms. The molecule has 8 nitrogen and oxygen atoms in total. The van der Waals surface area contributed by atoms with Crippen LogP contribution >= 0.6 is 11.3 Å². The molecule has 150 valence electrons. The summed E-state index contributed by atoms with van der Waals surface area (Å²) in [6, 6.07) is 5.23. The van der Waals surface area contributed by atoms with Crippen molar-refractivity contribution in [2.24, 2.45) is 5.92 Å². The molecule has 3 amide bonds. The largest absolute Gasteiger partial charge is 0.481 e. The average Bonchev–Trinajstić information content (AvgIpc) is 3.08. The van der Waals surface area contributed by atoms with Crippen LogP contribution in [0.25, 0.3) is 0 Å². The fourth-order valence-corrected chi connectivity index (χ4v) is 2.62. The number of amides is 3. The molecule has 0 bridgehead atoms. The van der Waals surface area contributed by atoms with Crippen molar-refractivity contribution in [3.8, 4) is 5.75 Å². The number of nitrogens with one attached hydrogen (secondary N) is 3. The van der Waals surface area contributed by atoms with E-state index in [0.717, 1.165) is 0 Å². The predicted octanol–water partition coefficient (Wildman–Crippen LogP) is 2.03. The Labute approximate surface area is 165 Å². The molecule has 3 N–H and O–H groups in total. The van der Waals surface area contributed by atoms with Crippen LogP contribution in [0.15, 0.2) is 29.6 Å². The van der Waals surface area contributed by atoms with Gasteiger partial charge < -0.3 is 10.1 Å². The van der Waals surface area contributed by atoms with Gasteiger partial charge in [-0.1, -0.05) is 13.8 Å². The Kier molecular flexibility index (Phi) is 7.44. The lowest BCUT2D eigenvalue weighted by Gasteiger charge is -2.15. The summed E-state index contributed by atoms with van der Waals surface area (Å²) in [6.07, 6.45) is -0.968. The molecule has 0 saturated heterocycles. The molecule has 2 rings (SSSR count). The molecule has 0 radical (unpaired) electrons. The van der Waals surface area contributed by atoms with Crippen LogP contribution in [0.5, 0.6) is 5.75 Å². The summed E-state index contributed by atoms with van der Waals surface area (Å²) < 4.78 is 18.2. The minimum atomic E-state index is -0.900. The van der Waals surface area contributed by atoms with E-state index in [9.17, 15) is 18.8 Å². The second-order valence-corrected chi connectivity index (χ2v) is 7.07. The van der Waals surface area contributed by atoms with Gasteiger partial charge in [-0.2, -0.15) is 0 Å². The summed E-state index contributed by atoms with van der Waals surface area (Å²) >= 11 is 1.21. The maximum Gasteiger partial charge on any atom is 0.279 e. The topological polar surface area (TPSA) is 109 Å². The third-order valence-corrected chi connectivity index (χ3v) is 4.28. The lowest BCUT2D eigenvalue weighted by Crippen LogP contribution is -2.47. The number of rotatable bonds is 7. The van der Waals surface area contributed by atoms with Gasteiger partial charge in [0, 0.05) is 11.3 Å². The highest BCUT2D eigenvalue weighted by molar-refractivity contribution is 7.13. The third kappa shape index (κ3) is 6.62. The van der Waals surface area contributed by atoms with Crippen molar-refractivity contribution >= 4 is 34.2 Å². The van der Waals surface area contributed by atoms with Crippen molar-refractivity contribution in [2.45, 2.75) is 33.3 Å². The summed E-state index contributed by atoms with van der Waals surface area (Å²) in [5.74, 6) is -1.47. The van der Waals surface area contributed by atoms with Crippen molar-refractivity contribution in [2.75, 3.05) is 5.32 Å². The zero-order valence-corrected chi connectivity index (χ0v) is 16.4. The molecule has 0 aliphatic carbocycles. The first-order chi connectivity index (χ1) is 13.2. The first-order valence-corrected chi connectivity index (χ1v) is 9.38. The number of halogens is 1. The number of carbonyl (C=O) groups is 3. The Bertz CT molecular complexity index is 838. The van der Waals surface area contributed by atoms with E-state index < -0.39 is 23.7 Å². The number of hydrazine groups is 1. The van der Waals surface area contributed by atoms with Crippen LogP contribution in [0.4, 0.5) is 9.52 Å². The highest BCUT2D eigenvalue weighted by atomic mass is 32.1. The van der Waals surface area contributed by atoms with Crippen LogP contribution < -0.4 is 20.9 Å². The van der Waals surface area contributed by atoms with E-state index in [0.29, 0.717) is 16.6 Å². The minimum Gasteiger partial charge on any atom is -0.481 e. The zero-order valence-electron chi connectivity index (χ0n) is 15.6. The highest BCUT2D eigenvalue weighted by Gasteiger charge is 2.16. The number of thiazole rings is 1. The second-order valence-electron chi connectivity index (χ2n) is 6.22. The van der Waals surface area contributed by atoms with E-state index in [1.165, 1.54) is 42.5 Å². The minimum absolute atomic E-state index is 0.0679. The monoisotopic (exact) mass is 408 g/mol. The van der Waals surface area contributed by atoms with Crippen molar-refractivity contribution in [1.29, 1.82) is 0 Å². The number of benzene rings is 1. The Balaban J connectivity index is 1.77. The normalized spacial score (nSPS) is 11.6. The maximum absolute atomic E-state index is 12.9. The van der Waals surface area contributed by atoms with E-state index >= 15 is 0 Å². The molecular weight excluding hydrogens is 387 g/mol. The van der Waals surface area contributed by atoms with Crippen LogP contribution in [-0.2, 0) is 20.8 Å². The van der Waals surface area contributed by atoms with Crippen molar-refractivity contribution in [3.05, 3.63) is 41.2 Å². The summed E-state index contributed by atoms with van der Waals surface area (Å²) in [6.45, 7) is 5.02. The van der Waals surface area contributed by atoms with Crippen molar-refractivity contribution in [3.63, 3.8) is 0 Å². The molecule has 28 heavy (non-hydrogen) atoms. The van der Waals surface area contributed by atoms with E-state index in [4.69, 9.17) is 4.74 Å². The summed E-state index contributed by atoms with van der Waals surface area (Å²) in [5, 5.41) is 4.71. The number of aromatic nitrogens is 1. The Morgan fingerprint density at radius 1 is 1.11 bits per heavy atom. The molecule has 0 aliphatic heterocycles. The molecule has 1 atom stereocenters. The molecule has 1 aromatic carbocycles. The van der Waals surface area contributed by atoms with Gasteiger partial charge in [-0.15, -0.1) is 11.3 Å². The van der Waals surface area contributed by atoms with Gasteiger partial charge in [0.25, 0.3) is 5.91 Å². The molecule has 1 heterocycles. The standard InChI is InChI=1S/C18H21FN4O4S/c1-10(2)16(25)21-18-20-13(9-28-18)8-15(24)22-23-17(26)11(3)27-14-6-4-12(19)5-7-14/h4-7,9-11H,8H2,1-3H3,(H,22,24)(H,23,26)(H,20,21,25). The zero-order chi connectivity index (χ0) is 20.7. The molecule has 0 fully saturated rings. The number of nitrogens with zero attached hydrogens (tertiary/aromatic N) is 1. The summed E-state index contributed by atoms with van der Waals surface area (Å²) in [4.78, 5) is 39.7. The van der Waals surface area contributed by atoms with Gasteiger partial charge in [-0.25, -0.2) is 9.37 Å². The maximum atomic E-state index is 12.9. The van der Waals surface area contributed by atoms with Crippen molar-refractivity contribution < 1.29 is 23.5 Å². The highest BCUT2D eigenvalue weighted by Crippen LogP contribution is 2.16. The first-order valence-electron chi connectivity index (χ1n) is 8.50. The van der Waals surface area contributed by atoms with Crippen LogP contribution in [0.1, 0.15) is 26.5 Å². The van der Waals surface area contributed by atoms with Gasteiger partial charge in [0.05, 0.1) is 12.1 Å².